The lowest BCUT2D eigenvalue weighted by Crippen LogP contribution is -2.39. The lowest BCUT2D eigenvalue weighted by atomic mass is 9.81. The SMILES string of the molecule is COC(=O)[C@H]1CCNC[C@H]1c1ccccc1. The van der Waals surface area contributed by atoms with Crippen LogP contribution in [0.3, 0.4) is 0 Å². The zero-order valence-electron chi connectivity index (χ0n) is 9.48. The molecule has 1 heterocycles. The maximum Gasteiger partial charge on any atom is 0.309 e. The highest BCUT2D eigenvalue weighted by Crippen LogP contribution is 2.29. The summed E-state index contributed by atoms with van der Waals surface area (Å²) in [7, 11) is 1.46. The highest BCUT2D eigenvalue weighted by Gasteiger charge is 2.32. The standard InChI is InChI=1S/C13H17NO2/c1-16-13(15)11-7-8-14-9-12(11)10-5-3-2-4-6-10/h2-6,11-12,14H,7-9H2,1H3/t11-,12-/m0/s1. The number of methoxy groups -OCH3 is 1. The van der Waals surface area contributed by atoms with Crippen molar-refractivity contribution in [3.63, 3.8) is 0 Å². The summed E-state index contributed by atoms with van der Waals surface area (Å²) < 4.78 is 4.87. The van der Waals surface area contributed by atoms with Crippen LogP contribution in [0.15, 0.2) is 30.3 Å². The molecule has 0 amide bonds. The molecular weight excluding hydrogens is 202 g/mol. The second-order valence-electron chi connectivity index (χ2n) is 4.14. The predicted molar refractivity (Wildman–Crippen MR) is 62.2 cm³/mol. The second-order valence-corrected chi connectivity index (χ2v) is 4.14. The Morgan fingerprint density at radius 1 is 1.38 bits per heavy atom. The van der Waals surface area contributed by atoms with E-state index in [2.05, 4.69) is 17.4 Å². The normalized spacial score (nSPS) is 25.1. The van der Waals surface area contributed by atoms with Crippen LogP contribution < -0.4 is 5.32 Å². The Balaban J connectivity index is 2.20. The molecule has 2 atom stereocenters. The summed E-state index contributed by atoms with van der Waals surface area (Å²) in [5.41, 5.74) is 1.21. The number of hydrogen-bond donors (Lipinski definition) is 1. The van der Waals surface area contributed by atoms with Crippen LogP contribution in [0.1, 0.15) is 17.9 Å². The molecule has 0 saturated carbocycles. The van der Waals surface area contributed by atoms with Crippen molar-refractivity contribution in [1.29, 1.82) is 0 Å². The van der Waals surface area contributed by atoms with E-state index in [9.17, 15) is 4.79 Å². The highest BCUT2D eigenvalue weighted by atomic mass is 16.5. The van der Waals surface area contributed by atoms with Gasteiger partial charge in [0.2, 0.25) is 0 Å². The number of hydrogen-bond acceptors (Lipinski definition) is 3. The fourth-order valence-electron chi connectivity index (χ4n) is 2.34. The lowest BCUT2D eigenvalue weighted by molar-refractivity contribution is -0.147. The first-order chi connectivity index (χ1) is 7.83. The Morgan fingerprint density at radius 2 is 2.12 bits per heavy atom. The van der Waals surface area contributed by atoms with Crippen molar-refractivity contribution >= 4 is 5.97 Å². The third-order valence-corrected chi connectivity index (χ3v) is 3.21. The molecule has 0 aromatic heterocycles. The van der Waals surface area contributed by atoms with Crippen molar-refractivity contribution in [2.45, 2.75) is 12.3 Å². The van der Waals surface area contributed by atoms with E-state index in [0.29, 0.717) is 0 Å². The van der Waals surface area contributed by atoms with Gasteiger partial charge in [0, 0.05) is 12.5 Å². The lowest BCUT2D eigenvalue weighted by Gasteiger charge is -2.30. The van der Waals surface area contributed by atoms with Gasteiger partial charge < -0.3 is 10.1 Å². The van der Waals surface area contributed by atoms with E-state index in [1.54, 1.807) is 0 Å². The number of benzene rings is 1. The molecule has 1 N–H and O–H groups in total. The minimum Gasteiger partial charge on any atom is -0.469 e. The number of carbonyl (C=O) groups is 1. The summed E-state index contributed by atoms with van der Waals surface area (Å²) in [6, 6.07) is 10.2. The Bertz CT molecular complexity index is 350. The van der Waals surface area contributed by atoms with Crippen LogP contribution in [0.5, 0.6) is 0 Å². The van der Waals surface area contributed by atoms with Gasteiger partial charge in [-0.1, -0.05) is 30.3 Å². The van der Waals surface area contributed by atoms with Gasteiger partial charge >= 0.3 is 5.97 Å². The summed E-state index contributed by atoms with van der Waals surface area (Å²) in [5, 5.41) is 3.33. The molecule has 1 saturated heterocycles. The number of nitrogens with one attached hydrogen (secondary N) is 1. The summed E-state index contributed by atoms with van der Waals surface area (Å²) in [5.74, 6) is 0.145. The van der Waals surface area contributed by atoms with Crippen molar-refractivity contribution in [2.75, 3.05) is 20.2 Å². The van der Waals surface area contributed by atoms with Crippen LogP contribution in [-0.2, 0) is 9.53 Å². The molecule has 1 aliphatic heterocycles. The van der Waals surface area contributed by atoms with Gasteiger partial charge in [-0.25, -0.2) is 0 Å². The molecule has 1 aromatic rings. The predicted octanol–water partition coefficient (Wildman–Crippen LogP) is 1.55. The van der Waals surface area contributed by atoms with Gasteiger partial charge in [0.25, 0.3) is 0 Å². The quantitative estimate of drug-likeness (QED) is 0.767. The van der Waals surface area contributed by atoms with Crippen molar-refractivity contribution in [2.24, 2.45) is 5.92 Å². The van der Waals surface area contributed by atoms with Crippen LogP contribution in [0.25, 0.3) is 0 Å². The first kappa shape index (κ1) is 11.1. The Kier molecular flexibility index (Phi) is 3.57. The van der Waals surface area contributed by atoms with Gasteiger partial charge in [0.05, 0.1) is 13.0 Å². The van der Waals surface area contributed by atoms with Gasteiger partial charge in [-0.15, -0.1) is 0 Å². The van der Waals surface area contributed by atoms with Gasteiger partial charge in [-0.05, 0) is 18.5 Å². The smallest absolute Gasteiger partial charge is 0.309 e. The molecule has 86 valence electrons. The molecule has 16 heavy (non-hydrogen) atoms. The van der Waals surface area contributed by atoms with E-state index in [0.717, 1.165) is 19.5 Å². The number of esters is 1. The molecule has 0 spiro atoms. The molecular formula is C13H17NO2. The van der Waals surface area contributed by atoms with E-state index in [1.807, 2.05) is 18.2 Å². The van der Waals surface area contributed by atoms with E-state index < -0.39 is 0 Å². The van der Waals surface area contributed by atoms with Gasteiger partial charge in [0.15, 0.2) is 0 Å². The van der Waals surface area contributed by atoms with E-state index in [1.165, 1.54) is 12.7 Å². The zero-order chi connectivity index (χ0) is 11.4. The van der Waals surface area contributed by atoms with Crippen molar-refractivity contribution in [3.05, 3.63) is 35.9 Å². The van der Waals surface area contributed by atoms with E-state index in [4.69, 9.17) is 4.74 Å². The van der Waals surface area contributed by atoms with Crippen LogP contribution in [0.2, 0.25) is 0 Å². The summed E-state index contributed by atoms with van der Waals surface area (Å²) in [6.45, 7) is 1.74. The van der Waals surface area contributed by atoms with E-state index >= 15 is 0 Å². The van der Waals surface area contributed by atoms with Gasteiger partial charge in [-0.3, -0.25) is 4.79 Å². The molecule has 0 bridgehead atoms. The van der Waals surface area contributed by atoms with Crippen LogP contribution in [0, 0.1) is 5.92 Å². The maximum atomic E-state index is 11.7. The minimum absolute atomic E-state index is 0.00588. The summed E-state index contributed by atoms with van der Waals surface area (Å²) >= 11 is 0. The van der Waals surface area contributed by atoms with E-state index in [-0.39, 0.29) is 17.8 Å². The Morgan fingerprint density at radius 3 is 2.81 bits per heavy atom. The molecule has 1 aromatic carbocycles. The fraction of sp³-hybridized carbons (Fsp3) is 0.462. The molecule has 0 aliphatic carbocycles. The summed E-state index contributed by atoms with van der Waals surface area (Å²) in [4.78, 5) is 11.7. The van der Waals surface area contributed by atoms with Crippen molar-refractivity contribution < 1.29 is 9.53 Å². The molecule has 3 nitrogen and oxygen atoms in total. The molecule has 3 heteroatoms. The molecule has 0 unspecified atom stereocenters. The van der Waals surface area contributed by atoms with Gasteiger partial charge in [0.1, 0.15) is 0 Å². The van der Waals surface area contributed by atoms with Crippen LogP contribution >= 0.6 is 0 Å². The number of carbonyl (C=O) groups excluding carboxylic acids is 1. The number of rotatable bonds is 2. The average Bonchev–Trinajstić information content (AvgIpc) is 2.39. The Labute approximate surface area is 95.8 Å². The molecule has 1 aliphatic rings. The monoisotopic (exact) mass is 219 g/mol. The second kappa shape index (κ2) is 5.12. The topological polar surface area (TPSA) is 38.3 Å². The first-order valence-electron chi connectivity index (χ1n) is 5.66. The Hall–Kier alpha value is -1.35. The van der Waals surface area contributed by atoms with Crippen molar-refractivity contribution in [1.82, 2.24) is 5.32 Å². The third-order valence-electron chi connectivity index (χ3n) is 3.21. The largest absolute Gasteiger partial charge is 0.469 e. The number of ether oxygens (including phenoxy) is 1. The van der Waals surface area contributed by atoms with Crippen LogP contribution in [0.4, 0.5) is 0 Å². The number of piperidine rings is 1. The third kappa shape index (κ3) is 2.25. The van der Waals surface area contributed by atoms with Crippen LogP contribution in [-0.4, -0.2) is 26.2 Å². The summed E-state index contributed by atoms with van der Waals surface area (Å²) in [6.07, 6.45) is 0.853. The maximum absolute atomic E-state index is 11.7. The minimum atomic E-state index is -0.0876. The highest BCUT2D eigenvalue weighted by molar-refractivity contribution is 5.73. The molecule has 1 fully saturated rings. The molecule has 0 radical (unpaired) electrons. The zero-order valence-corrected chi connectivity index (χ0v) is 9.48. The van der Waals surface area contributed by atoms with Gasteiger partial charge in [-0.2, -0.15) is 0 Å². The fourth-order valence-corrected chi connectivity index (χ4v) is 2.34. The van der Waals surface area contributed by atoms with Crippen molar-refractivity contribution in [3.8, 4) is 0 Å². The molecule has 2 rings (SSSR count). The first-order valence-corrected chi connectivity index (χ1v) is 5.66. The average molecular weight is 219 g/mol.